The van der Waals surface area contributed by atoms with Crippen LogP contribution in [0.4, 0.5) is 0 Å². The van der Waals surface area contributed by atoms with Crippen LogP contribution in [-0.2, 0) is 0 Å². The van der Waals surface area contributed by atoms with Crippen LogP contribution in [0.15, 0.2) is 11.6 Å². The quantitative estimate of drug-likeness (QED) is 0.764. The topological polar surface area (TPSA) is 29.3 Å². The van der Waals surface area contributed by atoms with E-state index in [9.17, 15) is 0 Å². The van der Waals surface area contributed by atoms with Crippen LogP contribution < -0.4 is 5.73 Å². The predicted molar refractivity (Wildman–Crippen MR) is 83.3 cm³/mol. The van der Waals surface area contributed by atoms with Crippen LogP contribution in [0.2, 0.25) is 0 Å². The summed E-state index contributed by atoms with van der Waals surface area (Å²) in [5, 5.41) is 0. The molecular formula is C17H32N2. The first kappa shape index (κ1) is 15.1. The average molecular weight is 264 g/mol. The molecule has 19 heavy (non-hydrogen) atoms. The smallest absolute Gasteiger partial charge is 0.0441 e. The minimum Gasteiger partial charge on any atom is -0.323 e. The molecule has 2 N–H and O–H groups in total. The van der Waals surface area contributed by atoms with Crippen LogP contribution in [0.1, 0.15) is 71.6 Å². The van der Waals surface area contributed by atoms with Gasteiger partial charge in [-0.05, 0) is 51.6 Å². The summed E-state index contributed by atoms with van der Waals surface area (Å²) in [6.45, 7) is 6.85. The highest BCUT2D eigenvalue weighted by atomic mass is 15.2. The van der Waals surface area contributed by atoms with E-state index in [1.54, 1.807) is 5.57 Å². The van der Waals surface area contributed by atoms with E-state index in [1.807, 2.05) is 0 Å². The maximum atomic E-state index is 6.80. The van der Waals surface area contributed by atoms with Gasteiger partial charge in [0.05, 0.1) is 0 Å². The predicted octanol–water partition coefficient (Wildman–Crippen LogP) is 3.86. The molecule has 0 aliphatic heterocycles. The molecule has 1 atom stereocenters. The van der Waals surface area contributed by atoms with Crippen molar-refractivity contribution < 1.29 is 0 Å². The fourth-order valence-electron chi connectivity index (χ4n) is 4.33. The van der Waals surface area contributed by atoms with Crippen LogP contribution in [-0.4, -0.2) is 29.6 Å². The molecule has 2 heteroatoms. The molecule has 0 aromatic carbocycles. The zero-order chi connectivity index (χ0) is 13.7. The molecular weight excluding hydrogens is 232 g/mol. The Bertz CT molecular complexity index is 298. The van der Waals surface area contributed by atoms with Gasteiger partial charge in [0.25, 0.3) is 0 Å². The summed E-state index contributed by atoms with van der Waals surface area (Å²) in [6, 6.07) is 0.271. The summed E-state index contributed by atoms with van der Waals surface area (Å²) in [4.78, 5) is 2.65. The molecule has 1 unspecified atom stereocenters. The van der Waals surface area contributed by atoms with Gasteiger partial charge in [-0.15, -0.1) is 0 Å². The second-order valence-corrected chi connectivity index (χ2v) is 6.34. The van der Waals surface area contributed by atoms with Crippen LogP contribution in [0.5, 0.6) is 0 Å². The van der Waals surface area contributed by atoms with E-state index in [1.165, 1.54) is 57.8 Å². The van der Waals surface area contributed by atoms with Crippen molar-refractivity contribution in [2.75, 3.05) is 13.1 Å². The van der Waals surface area contributed by atoms with Crippen molar-refractivity contribution in [3.8, 4) is 0 Å². The van der Waals surface area contributed by atoms with E-state index < -0.39 is 0 Å². The number of hydrogen-bond acceptors (Lipinski definition) is 2. The Morgan fingerprint density at radius 3 is 2.42 bits per heavy atom. The minimum absolute atomic E-state index is 0.264. The Balaban J connectivity index is 2.20. The summed E-state index contributed by atoms with van der Waals surface area (Å²) in [7, 11) is 0. The lowest BCUT2D eigenvalue weighted by molar-refractivity contribution is 0.0870. The molecule has 1 saturated carbocycles. The molecule has 2 aliphatic carbocycles. The van der Waals surface area contributed by atoms with Gasteiger partial charge in [-0.2, -0.15) is 0 Å². The molecule has 0 bridgehead atoms. The lowest BCUT2D eigenvalue weighted by atomic mass is 9.80. The Labute approximate surface area is 119 Å². The number of nitrogens with two attached hydrogens (primary N) is 1. The number of allylic oxidation sites excluding steroid dienone is 1. The summed E-state index contributed by atoms with van der Waals surface area (Å²) < 4.78 is 0. The molecule has 2 aliphatic rings. The van der Waals surface area contributed by atoms with E-state index in [0.29, 0.717) is 0 Å². The van der Waals surface area contributed by atoms with Gasteiger partial charge in [-0.25, -0.2) is 0 Å². The van der Waals surface area contributed by atoms with Crippen LogP contribution in [0.25, 0.3) is 0 Å². The van der Waals surface area contributed by atoms with Crippen LogP contribution in [0, 0.1) is 0 Å². The van der Waals surface area contributed by atoms with Crippen molar-refractivity contribution in [3.63, 3.8) is 0 Å². The van der Waals surface area contributed by atoms with Gasteiger partial charge < -0.3 is 5.73 Å². The molecule has 0 radical (unpaired) electrons. The first-order valence-corrected chi connectivity index (χ1v) is 8.44. The number of hydrogen-bond donors (Lipinski definition) is 1. The number of likely N-dealkylation sites (N-methyl/N-ethyl adjacent to an activating group) is 1. The molecule has 0 amide bonds. The SMILES string of the molecule is CCN(CC)C1(C(N)C2=CCCCCC2)CCCC1. The van der Waals surface area contributed by atoms with Gasteiger partial charge >= 0.3 is 0 Å². The highest BCUT2D eigenvalue weighted by Gasteiger charge is 2.44. The fourth-order valence-corrected chi connectivity index (χ4v) is 4.33. The highest BCUT2D eigenvalue weighted by Crippen LogP contribution is 2.40. The van der Waals surface area contributed by atoms with E-state index >= 15 is 0 Å². The highest BCUT2D eigenvalue weighted by molar-refractivity contribution is 5.21. The normalized spacial score (nSPS) is 25.2. The molecule has 2 nitrogen and oxygen atoms in total. The first-order valence-electron chi connectivity index (χ1n) is 8.44. The van der Waals surface area contributed by atoms with Gasteiger partial charge in [0.1, 0.15) is 0 Å². The first-order chi connectivity index (χ1) is 9.24. The Morgan fingerprint density at radius 2 is 1.79 bits per heavy atom. The third-order valence-electron chi connectivity index (χ3n) is 5.42. The average Bonchev–Trinajstić information content (AvgIpc) is 2.76. The maximum absolute atomic E-state index is 6.80. The van der Waals surface area contributed by atoms with E-state index in [4.69, 9.17) is 5.73 Å². The van der Waals surface area contributed by atoms with Gasteiger partial charge in [-0.3, -0.25) is 4.90 Å². The standard InChI is InChI=1S/C17H32N2/c1-3-19(4-2)17(13-9-10-14-17)16(18)15-11-7-5-6-8-12-15/h11,16H,3-10,12-14,18H2,1-2H3. The van der Waals surface area contributed by atoms with Crippen molar-refractivity contribution in [2.24, 2.45) is 5.73 Å². The van der Waals surface area contributed by atoms with Gasteiger partial charge in [0.15, 0.2) is 0 Å². The molecule has 2 rings (SSSR count). The monoisotopic (exact) mass is 264 g/mol. The molecule has 0 saturated heterocycles. The Morgan fingerprint density at radius 1 is 1.11 bits per heavy atom. The zero-order valence-corrected chi connectivity index (χ0v) is 13.0. The molecule has 0 heterocycles. The third-order valence-corrected chi connectivity index (χ3v) is 5.42. The summed E-state index contributed by atoms with van der Waals surface area (Å²) in [5.74, 6) is 0. The molecule has 0 aromatic rings. The van der Waals surface area contributed by atoms with E-state index in [-0.39, 0.29) is 11.6 Å². The van der Waals surface area contributed by atoms with Crippen molar-refractivity contribution in [2.45, 2.75) is 83.2 Å². The molecule has 110 valence electrons. The van der Waals surface area contributed by atoms with Gasteiger partial charge in [0, 0.05) is 11.6 Å². The second kappa shape index (κ2) is 6.90. The fraction of sp³-hybridized carbons (Fsp3) is 0.882. The number of rotatable bonds is 5. The minimum atomic E-state index is 0.264. The van der Waals surface area contributed by atoms with Crippen LogP contribution >= 0.6 is 0 Å². The summed E-state index contributed by atoms with van der Waals surface area (Å²) in [6.07, 6.45) is 14.4. The summed E-state index contributed by atoms with van der Waals surface area (Å²) >= 11 is 0. The lowest BCUT2D eigenvalue weighted by Gasteiger charge is -2.45. The summed E-state index contributed by atoms with van der Waals surface area (Å²) in [5.41, 5.74) is 8.63. The van der Waals surface area contributed by atoms with Crippen LogP contribution in [0.3, 0.4) is 0 Å². The van der Waals surface area contributed by atoms with Gasteiger partial charge in [-0.1, -0.05) is 44.8 Å². The lowest BCUT2D eigenvalue weighted by Crippen LogP contribution is -2.59. The van der Waals surface area contributed by atoms with Crippen molar-refractivity contribution in [3.05, 3.63) is 11.6 Å². The number of nitrogens with zero attached hydrogens (tertiary/aromatic N) is 1. The van der Waals surface area contributed by atoms with Crippen molar-refractivity contribution in [1.82, 2.24) is 4.90 Å². The molecule has 0 spiro atoms. The Hall–Kier alpha value is -0.340. The zero-order valence-electron chi connectivity index (χ0n) is 13.0. The molecule has 1 fully saturated rings. The third kappa shape index (κ3) is 3.05. The van der Waals surface area contributed by atoms with E-state index in [2.05, 4.69) is 24.8 Å². The second-order valence-electron chi connectivity index (χ2n) is 6.34. The van der Waals surface area contributed by atoms with Gasteiger partial charge in [0.2, 0.25) is 0 Å². The molecule has 0 aromatic heterocycles. The van der Waals surface area contributed by atoms with Crippen molar-refractivity contribution in [1.29, 1.82) is 0 Å². The van der Waals surface area contributed by atoms with E-state index in [0.717, 1.165) is 13.1 Å². The Kier molecular flexibility index (Phi) is 5.47. The largest absolute Gasteiger partial charge is 0.323 e. The van der Waals surface area contributed by atoms with Crippen molar-refractivity contribution >= 4 is 0 Å². The maximum Gasteiger partial charge on any atom is 0.0441 e.